The Morgan fingerprint density at radius 3 is 2.77 bits per heavy atom. The number of nitrogens with one attached hydrogen (secondary N) is 2. The van der Waals surface area contributed by atoms with Crippen molar-refractivity contribution in [3.63, 3.8) is 0 Å². The molecule has 1 heterocycles. The second kappa shape index (κ2) is 7.11. The van der Waals surface area contributed by atoms with Crippen LogP contribution in [0.5, 0.6) is 0 Å². The van der Waals surface area contributed by atoms with Gasteiger partial charge in [-0.3, -0.25) is 19.9 Å². The molecule has 7 nitrogen and oxygen atoms in total. The number of aromatic nitrogens is 1. The molecule has 1 aromatic carbocycles. The predicted molar refractivity (Wildman–Crippen MR) is 78.1 cm³/mol. The Morgan fingerprint density at radius 1 is 1.32 bits per heavy atom. The van der Waals surface area contributed by atoms with Crippen LogP contribution in [-0.2, 0) is 0 Å². The van der Waals surface area contributed by atoms with E-state index in [1.54, 1.807) is 18.3 Å². The molecule has 0 saturated heterocycles. The third kappa shape index (κ3) is 3.98. The zero-order chi connectivity index (χ0) is 15.9. The number of rotatable bonds is 6. The van der Waals surface area contributed by atoms with E-state index in [4.69, 9.17) is 0 Å². The SMILES string of the molecule is O=C(NCCNc1ccc([N+](=O)[O-])cc1F)c1cccnc1. The Labute approximate surface area is 125 Å². The highest BCUT2D eigenvalue weighted by molar-refractivity contribution is 5.93. The summed E-state index contributed by atoms with van der Waals surface area (Å²) in [6.07, 6.45) is 3.01. The average molecular weight is 304 g/mol. The molecule has 2 N–H and O–H groups in total. The van der Waals surface area contributed by atoms with Gasteiger partial charge in [0, 0.05) is 31.5 Å². The van der Waals surface area contributed by atoms with Crippen LogP contribution in [0.15, 0.2) is 42.7 Å². The first-order chi connectivity index (χ1) is 10.6. The zero-order valence-electron chi connectivity index (χ0n) is 11.5. The van der Waals surface area contributed by atoms with E-state index in [1.807, 2.05) is 0 Å². The monoisotopic (exact) mass is 304 g/mol. The Bertz CT molecular complexity index is 679. The van der Waals surface area contributed by atoms with Gasteiger partial charge in [-0.05, 0) is 18.2 Å². The van der Waals surface area contributed by atoms with Crippen molar-refractivity contribution >= 4 is 17.3 Å². The number of benzene rings is 1. The number of pyridine rings is 1. The second-order valence-corrected chi connectivity index (χ2v) is 4.35. The molecule has 2 rings (SSSR count). The van der Waals surface area contributed by atoms with Gasteiger partial charge in [0.1, 0.15) is 0 Å². The normalized spacial score (nSPS) is 10.0. The second-order valence-electron chi connectivity index (χ2n) is 4.35. The van der Waals surface area contributed by atoms with Crippen LogP contribution in [0.3, 0.4) is 0 Å². The number of amides is 1. The van der Waals surface area contributed by atoms with Crippen molar-refractivity contribution in [1.29, 1.82) is 0 Å². The van der Waals surface area contributed by atoms with Crippen molar-refractivity contribution in [3.8, 4) is 0 Å². The smallest absolute Gasteiger partial charge is 0.272 e. The zero-order valence-corrected chi connectivity index (χ0v) is 11.5. The summed E-state index contributed by atoms with van der Waals surface area (Å²) in [6, 6.07) is 6.62. The molecule has 0 saturated carbocycles. The van der Waals surface area contributed by atoms with E-state index in [1.165, 1.54) is 18.3 Å². The van der Waals surface area contributed by atoms with Gasteiger partial charge >= 0.3 is 0 Å². The van der Waals surface area contributed by atoms with Crippen molar-refractivity contribution in [2.45, 2.75) is 0 Å². The maximum absolute atomic E-state index is 13.6. The van der Waals surface area contributed by atoms with E-state index < -0.39 is 10.7 Å². The van der Waals surface area contributed by atoms with Gasteiger partial charge in [-0.15, -0.1) is 0 Å². The lowest BCUT2D eigenvalue weighted by atomic mass is 10.2. The number of anilines is 1. The molecular weight excluding hydrogens is 291 g/mol. The molecular formula is C14H13FN4O3. The van der Waals surface area contributed by atoms with Crippen molar-refractivity contribution in [1.82, 2.24) is 10.3 Å². The minimum absolute atomic E-state index is 0.140. The lowest BCUT2D eigenvalue weighted by Gasteiger charge is -2.08. The van der Waals surface area contributed by atoms with Crippen molar-refractivity contribution < 1.29 is 14.1 Å². The standard InChI is InChI=1S/C14H13FN4O3/c15-12-8-11(19(21)22)3-4-13(12)17-6-7-18-14(20)10-2-1-5-16-9-10/h1-5,8-9,17H,6-7H2,(H,18,20). The van der Waals surface area contributed by atoms with Crippen LogP contribution in [0.25, 0.3) is 0 Å². The molecule has 0 aliphatic rings. The largest absolute Gasteiger partial charge is 0.381 e. The molecule has 0 aliphatic carbocycles. The van der Waals surface area contributed by atoms with Crippen LogP contribution >= 0.6 is 0 Å². The molecule has 1 amide bonds. The molecule has 0 spiro atoms. The summed E-state index contributed by atoms with van der Waals surface area (Å²) < 4.78 is 13.6. The predicted octanol–water partition coefficient (Wildman–Crippen LogP) is 1.97. The van der Waals surface area contributed by atoms with E-state index in [2.05, 4.69) is 15.6 Å². The summed E-state index contributed by atoms with van der Waals surface area (Å²) in [5, 5.41) is 15.9. The molecule has 0 radical (unpaired) electrons. The topological polar surface area (TPSA) is 97.2 Å². The van der Waals surface area contributed by atoms with Crippen LogP contribution in [-0.4, -0.2) is 28.9 Å². The number of nitro groups is 1. The molecule has 0 atom stereocenters. The van der Waals surface area contributed by atoms with Crippen LogP contribution < -0.4 is 10.6 Å². The fourth-order valence-electron chi connectivity index (χ4n) is 1.73. The number of carbonyl (C=O) groups is 1. The van der Waals surface area contributed by atoms with Crippen LogP contribution in [0, 0.1) is 15.9 Å². The summed E-state index contributed by atoms with van der Waals surface area (Å²) in [5.74, 6) is -0.994. The third-order valence-electron chi connectivity index (χ3n) is 2.81. The molecule has 114 valence electrons. The van der Waals surface area contributed by atoms with E-state index in [0.717, 1.165) is 6.07 Å². The molecule has 0 bridgehead atoms. The fourth-order valence-corrected chi connectivity index (χ4v) is 1.73. The maximum Gasteiger partial charge on any atom is 0.272 e. The van der Waals surface area contributed by atoms with Gasteiger partial charge in [0.25, 0.3) is 11.6 Å². The van der Waals surface area contributed by atoms with E-state index in [9.17, 15) is 19.3 Å². The average Bonchev–Trinajstić information content (AvgIpc) is 2.53. The molecule has 1 aromatic heterocycles. The van der Waals surface area contributed by atoms with E-state index in [0.29, 0.717) is 5.56 Å². The van der Waals surface area contributed by atoms with Gasteiger partial charge in [-0.25, -0.2) is 4.39 Å². The number of non-ortho nitro benzene ring substituents is 1. The fraction of sp³-hybridized carbons (Fsp3) is 0.143. The van der Waals surface area contributed by atoms with Crippen LogP contribution in [0.2, 0.25) is 0 Å². The first kappa shape index (κ1) is 15.4. The van der Waals surface area contributed by atoms with Gasteiger partial charge in [0.15, 0.2) is 5.82 Å². The first-order valence-corrected chi connectivity index (χ1v) is 6.44. The Hall–Kier alpha value is -3.03. The van der Waals surface area contributed by atoms with Gasteiger partial charge in [0.05, 0.1) is 22.2 Å². The highest BCUT2D eigenvalue weighted by Crippen LogP contribution is 2.19. The summed E-state index contributed by atoms with van der Waals surface area (Å²) >= 11 is 0. The number of nitrogens with zero attached hydrogens (tertiary/aromatic N) is 2. The molecule has 8 heteroatoms. The van der Waals surface area contributed by atoms with Gasteiger partial charge in [-0.2, -0.15) is 0 Å². The Morgan fingerprint density at radius 2 is 2.14 bits per heavy atom. The lowest BCUT2D eigenvalue weighted by molar-refractivity contribution is -0.385. The molecule has 2 aromatic rings. The highest BCUT2D eigenvalue weighted by Gasteiger charge is 2.10. The first-order valence-electron chi connectivity index (χ1n) is 6.44. The van der Waals surface area contributed by atoms with Crippen molar-refractivity contribution in [2.75, 3.05) is 18.4 Å². The Balaban J connectivity index is 1.82. The molecule has 0 unspecified atom stereocenters. The summed E-state index contributed by atoms with van der Waals surface area (Å²) in [4.78, 5) is 25.4. The lowest BCUT2D eigenvalue weighted by Crippen LogP contribution is -2.28. The highest BCUT2D eigenvalue weighted by atomic mass is 19.1. The van der Waals surface area contributed by atoms with E-state index >= 15 is 0 Å². The van der Waals surface area contributed by atoms with Crippen molar-refractivity contribution in [2.24, 2.45) is 0 Å². The van der Waals surface area contributed by atoms with Gasteiger partial charge in [0.2, 0.25) is 0 Å². The summed E-state index contributed by atoms with van der Waals surface area (Å²) in [5.41, 5.74) is 0.262. The van der Waals surface area contributed by atoms with Crippen molar-refractivity contribution in [3.05, 3.63) is 64.2 Å². The van der Waals surface area contributed by atoms with E-state index in [-0.39, 0.29) is 30.4 Å². The number of halogens is 1. The number of carbonyl (C=O) groups excluding carboxylic acids is 1. The Kier molecular flexibility index (Phi) is 4.97. The summed E-state index contributed by atoms with van der Waals surface area (Å²) in [6.45, 7) is 0.547. The minimum atomic E-state index is -0.715. The molecule has 0 aliphatic heterocycles. The molecule has 22 heavy (non-hydrogen) atoms. The third-order valence-corrected chi connectivity index (χ3v) is 2.81. The minimum Gasteiger partial charge on any atom is -0.381 e. The number of hydrogen-bond donors (Lipinski definition) is 2. The quantitative estimate of drug-likeness (QED) is 0.483. The number of hydrogen-bond acceptors (Lipinski definition) is 5. The van der Waals surface area contributed by atoms with Gasteiger partial charge in [-0.1, -0.05) is 0 Å². The van der Waals surface area contributed by atoms with Crippen LogP contribution in [0.4, 0.5) is 15.8 Å². The maximum atomic E-state index is 13.6. The van der Waals surface area contributed by atoms with Gasteiger partial charge < -0.3 is 10.6 Å². The van der Waals surface area contributed by atoms with Crippen LogP contribution in [0.1, 0.15) is 10.4 Å². The molecule has 0 fully saturated rings. The number of nitro benzene ring substituents is 1. The summed E-state index contributed by atoms with van der Waals surface area (Å²) in [7, 11) is 0.